The molecule has 1 aromatic rings. The van der Waals surface area contributed by atoms with Crippen LogP contribution in [0.3, 0.4) is 0 Å². The van der Waals surface area contributed by atoms with Crippen molar-refractivity contribution in [2.45, 2.75) is 33.2 Å². The summed E-state index contributed by atoms with van der Waals surface area (Å²) in [5.74, 6) is 1.10. The zero-order valence-electron chi connectivity index (χ0n) is 15.8. The van der Waals surface area contributed by atoms with Crippen molar-refractivity contribution in [3.8, 4) is 5.75 Å². The van der Waals surface area contributed by atoms with Gasteiger partial charge < -0.3 is 20.3 Å². The summed E-state index contributed by atoms with van der Waals surface area (Å²) in [5.41, 5.74) is 1.04. The number of para-hydroxylation sites is 1. The Morgan fingerprint density at radius 2 is 2.00 bits per heavy atom. The van der Waals surface area contributed by atoms with Gasteiger partial charge in [-0.1, -0.05) is 32.0 Å². The summed E-state index contributed by atoms with van der Waals surface area (Å²) in [5, 5.41) is 6.35. The lowest BCUT2D eigenvalue weighted by molar-refractivity contribution is -0.125. The van der Waals surface area contributed by atoms with Crippen LogP contribution in [0.2, 0.25) is 0 Å². The van der Waals surface area contributed by atoms with Gasteiger partial charge in [-0.25, -0.2) is 0 Å². The number of amides is 1. The Morgan fingerprint density at radius 3 is 2.65 bits per heavy atom. The molecule has 1 aliphatic rings. The molecule has 0 aliphatic carbocycles. The fraction of sp³-hybridized carbons (Fsp3) is 0.632. The maximum Gasteiger partial charge on any atom is 0.224 e. The maximum absolute atomic E-state index is 12.3. The molecule has 1 aromatic carbocycles. The molecule has 0 aromatic heterocycles. The van der Waals surface area contributed by atoms with Crippen LogP contribution in [0.4, 0.5) is 0 Å². The Kier molecular flexibility index (Phi) is 13.6. The normalized spacial score (nSPS) is 16.3. The Morgan fingerprint density at radius 1 is 1.27 bits per heavy atom. The van der Waals surface area contributed by atoms with Crippen molar-refractivity contribution in [3.05, 3.63) is 29.8 Å². The Labute approximate surface area is 170 Å². The highest BCUT2D eigenvalue weighted by Gasteiger charge is 2.20. The number of likely N-dealkylation sites (N-methyl/N-ethyl adjacent to an activating group) is 1. The second-order valence-electron chi connectivity index (χ2n) is 6.24. The fourth-order valence-electron chi connectivity index (χ4n) is 3.02. The van der Waals surface area contributed by atoms with E-state index in [0.717, 1.165) is 56.9 Å². The number of nitrogens with one attached hydrogen (secondary N) is 2. The number of carbonyl (C=O) groups excluding carboxylic acids is 1. The van der Waals surface area contributed by atoms with Crippen LogP contribution in [-0.4, -0.2) is 50.1 Å². The molecule has 1 fully saturated rings. The zero-order valence-corrected chi connectivity index (χ0v) is 17.5. The Bertz CT molecular complexity index is 507. The van der Waals surface area contributed by atoms with E-state index in [0.29, 0.717) is 13.2 Å². The average molecular weight is 406 g/mol. The molecular formula is C19H33Cl2N3O2. The lowest BCUT2D eigenvalue weighted by Crippen LogP contribution is -2.40. The van der Waals surface area contributed by atoms with E-state index in [2.05, 4.69) is 29.4 Å². The van der Waals surface area contributed by atoms with E-state index >= 15 is 0 Å². The molecule has 2 rings (SSSR count). The summed E-state index contributed by atoms with van der Waals surface area (Å²) in [6.45, 7) is 10.3. The van der Waals surface area contributed by atoms with Crippen molar-refractivity contribution < 1.29 is 9.53 Å². The van der Waals surface area contributed by atoms with Gasteiger partial charge in [0.05, 0.1) is 5.92 Å². The van der Waals surface area contributed by atoms with Gasteiger partial charge in [0.1, 0.15) is 12.4 Å². The van der Waals surface area contributed by atoms with Gasteiger partial charge in [-0.3, -0.25) is 4.79 Å². The first-order valence-corrected chi connectivity index (χ1v) is 9.16. The largest absolute Gasteiger partial charge is 0.492 e. The molecule has 7 heteroatoms. The number of ether oxygens (including phenoxy) is 1. The second-order valence-corrected chi connectivity index (χ2v) is 6.24. The van der Waals surface area contributed by atoms with Crippen LogP contribution in [0.25, 0.3) is 0 Å². The van der Waals surface area contributed by atoms with Crippen LogP contribution in [0.1, 0.15) is 32.3 Å². The van der Waals surface area contributed by atoms with E-state index in [1.54, 1.807) is 0 Å². The molecule has 0 radical (unpaired) electrons. The number of halogens is 2. The van der Waals surface area contributed by atoms with Crippen molar-refractivity contribution in [1.82, 2.24) is 15.5 Å². The lowest BCUT2D eigenvalue weighted by Gasteiger charge is -2.22. The number of benzene rings is 1. The number of hydrogen-bond acceptors (Lipinski definition) is 4. The minimum Gasteiger partial charge on any atom is -0.492 e. The number of carbonyl (C=O) groups is 1. The van der Waals surface area contributed by atoms with Gasteiger partial charge in [0.15, 0.2) is 0 Å². The number of piperidine rings is 1. The first-order chi connectivity index (χ1) is 11.7. The molecule has 0 spiro atoms. The van der Waals surface area contributed by atoms with E-state index in [-0.39, 0.29) is 36.6 Å². The van der Waals surface area contributed by atoms with Gasteiger partial charge in [-0.15, -0.1) is 24.8 Å². The van der Waals surface area contributed by atoms with E-state index in [1.165, 1.54) is 0 Å². The minimum atomic E-state index is 0. The predicted octanol–water partition coefficient (Wildman–Crippen LogP) is 2.87. The fourth-order valence-corrected chi connectivity index (χ4v) is 3.02. The van der Waals surface area contributed by atoms with Gasteiger partial charge in [0.25, 0.3) is 0 Å². The highest BCUT2D eigenvalue weighted by Crippen LogP contribution is 2.18. The highest BCUT2D eigenvalue weighted by molar-refractivity contribution is 5.85. The third-order valence-electron chi connectivity index (χ3n) is 4.65. The third kappa shape index (κ3) is 8.12. The molecule has 1 aliphatic heterocycles. The van der Waals surface area contributed by atoms with E-state index in [4.69, 9.17) is 4.74 Å². The highest BCUT2D eigenvalue weighted by atomic mass is 35.5. The molecule has 2 N–H and O–H groups in total. The van der Waals surface area contributed by atoms with Gasteiger partial charge >= 0.3 is 0 Å². The molecule has 150 valence electrons. The molecule has 26 heavy (non-hydrogen) atoms. The van der Waals surface area contributed by atoms with E-state index < -0.39 is 0 Å². The number of nitrogens with zero attached hydrogens (tertiary/aromatic N) is 1. The molecule has 1 heterocycles. The molecule has 0 saturated carbocycles. The molecule has 1 amide bonds. The average Bonchev–Trinajstić information content (AvgIpc) is 2.65. The monoisotopic (exact) mass is 405 g/mol. The maximum atomic E-state index is 12.3. The van der Waals surface area contributed by atoms with Crippen molar-refractivity contribution >= 4 is 30.7 Å². The molecule has 0 bridgehead atoms. The first kappa shape index (κ1) is 25.0. The molecular weight excluding hydrogens is 373 g/mol. The first-order valence-electron chi connectivity index (χ1n) is 9.16. The molecule has 1 saturated heterocycles. The summed E-state index contributed by atoms with van der Waals surface area (Å²) < 4.78 is 5.94. The number of rotatable bonds is 9. The van der Waals surface area contributed by atoms with Crippen LogP contribution in [0.5, 0.6) is 5.75 Å². The summed E-state index contributed by atoms with van der Waals surface area (Å²) in [4.78, 5) is 14.6. The zero-order chi connectivity index (χ0) is 17.2. The Balaban J connectivity index is 0.00000312. The van der Waals surface area contributed by atoms with E-state index in [9.17, 15) is 4.79 Å². The van der Waals surface area contributed by atoms with Crippen LogP contribution in [0.15, 0.2) is 24.3 Å². The molecule has 1 atom stereocenters. The quantitative estimate of drug-likeness (QED) is 0.662. The van der Waals surface area contributed by atoms with Crippen LogP contribution in [-0.2, 0) is 11.3 Å². The van der Waals surface area contributed by atoms with Gasteiger partial charge in [0, 0.05) is 25.2 Å². The minimum absolute atomic E-state index is 0. The summed E-state index contributed by atoms with van der Waals surface area (Å²) in [7, 11) is 0. The van der Waals surface area contributed by atoms with Crippen LogP contribution in [0, 0.1) is 5.92 Å². The Hall–Kier alpha value is -1.01. The van der Waals surface area contributed by atoms with Crippen molar-refractivity contribution in [2.75, 3.05) is 39.3 Å². The van der Waals surface area contributed by atoms with Crippen LogP contribution >= 0.6 is 24.8 Å². The van der Waals surface area contributed by atoms with Gasteiger partial charge in [0.2, 0.25) is 5.91 Å². The standard InChI is InChI=1S/C19H31N3O2.2ClH/c1-3-22(4-2)12-13-24-18-10-6-5-8-16(18)15-21-19(23)17-9-7-11-20-14-17;;/h5-6,8,10,17,20H,3-4,7,9,11-15H2,1-2H3,(H,21,23);2*1H. The lowest BCUT2D eigenvalue weighted by atomic mass is 9.99. The SMILES string of the molecule is CCN(CC)CCOc1ccccc1CNC(=O)C1CCCNC1.Cl.Cl. The van der Waals surface area contributed by atoms with Crippen molar-refractivity contribution in [2.24, 2.45) is 5.92 Å². The smallest absolute Gasteiger partial charge is 0.224 e. The van der Waals surface area contributed by atoms with Gasteiger partial charge in [-0.05, 0) is 38.5 Å². The number of hydrogen-bond donors (Lipinski definition) is 2. The topological polar surface area (TPSA) is 53.6 Å². The summed E-state index contributed by atoms with van der Waals surface area (Å²) in [6, 6.07) is 7.96. The van der Waals surface area contributed by atoms with Crippen molar-refractivity contribution in [3.63, 3.8) is 0 Å². The van der Waals surface area contributed by atoms with Gasteiger partial charge in [-0.2, -0.15) is 0 Å². The molecule has 1 unspecified atom stereocenters. The van der Waals surface area contributed by atoms with Crippen molar-refractivity contribution in [1.29, 1.82) is 0 Å². The molecule has 5 nitrogen and oxygen atoms in total. The van der Waals surface area contributed by atoms with Crippen LogP contribution < -0.4 is 15.4 Å². The summed E-state index contributed by atoms with van der Waals surface area (Å²) in [6.07, 6.45) is 2.05. The summed E-state index contributed by atoms with van der Waals surface area (Å²) >= 11 is 0. The third-order valence-corrected chi connectivity index (χ3v) is 4.65. The predicted molar refractivity (Wildman–Crippen MR) is 112 cm³/mol. The second kappa shape index (κ2) is 14.1. The van der Waals surface area contributed by atoms with E-state index in [1.807, 2.05) is 24.3 Å².